The van der Waals surface area contributed by atoms with Crippen LogP contribution in [0.15, 0.2) is 71.6 Å². The highest BCUT2D eigenvalue weighted by Crippen LogP contribution is 2.34. The maximum atomic E-state index is 12.5. The van der Waals surface area contributed by atoms with Crippen LogP contribution in [0, 0.1) is 6.92 Å². The molecule has 0 saturated carbocycles. The van der Waals surface area contributed by atoms with Crippen molar-refractivity contribution in [3.05, 3.63) is 82.7 Å². The Hall–Kier alpha value is -3.85. The number of carbonyl (C=O) groups excluding carboxylic acids is 1. The molecule has 0 atom stereocenters. The number of carbonyl (C=O) groups is 1. The first-order chi connectivity index (χ1) is 18.2. The zero-order chi connectivity index (χ0) is 26.9. The fourth-order valence-electron chi connectivity index (χ4n) is 4.35. The number of aromatic amines is 1. The normalized spacial score (nSPS) is 13.8. The van der Waals surface area contributed by atoms with Gasteiger partial charge in [0.2, 0.25) is 5.95 Å². The van der Waals surface area contributed by atoms with Gasteiger partial charge in [0.05, 0.1) is 11.4 Å². The summed E-state index contributed by atoms with van der Waals surface area (Å²) in [5, 5.41) is 2.97. The lowest BCUT2D eigenvalue weighted by Gasteiger charge is -2.29. The molecule has 1 amide bonds. The van der Waals surface area contributed by atoms with Crippen molar-refractivity contribution in [1.82, 2.24) is 19.9 Å². The van der Waals surface area contributed by atoms with Gasteiger partial charge in [0.1, 0.15) is 5.60 Å². The Labute approximate surface area is 230 Å². The number of halogens is 1. The lowest BCUT2D eigenvalue weighted by Crippen LogP contribution is -2.39. The molecule has 0 unspecified atom stereocenters. The van der Waals surface area contributed by atoms with Gasteiger partial charge in [0, 0.05) is 52.6 Å². The number of aryl methyl sites for hydroxylation is 1. The van der Waals surface area contributed by atoms with Crippen LogP contribution in [-0.4, -0.2) is 44.6 Å². The van der Waals surface area contributed by atoms with Crippen molar-refractivity contribution >= 4 is 55.8 Å². The molecule has 3 heterocycles. The molecule has 0 saturated heterocycles. The van der Waals surface area contributed by atoms with Crippen molar-refractivity contribution in [3.63, 3.8) is 0 Å². The van der Waals surface area contributed by atoms with E-state index in [9.17, 15) is 4.79 Å². The van der Waals surface area contributed by atoms with Crippen LogP contribution in [0.5, 0.6) is 0 Å². The Bertz CT molecular complexity index is 1490. The molecule has 1 aliphatic heterocycles. The van der Waals surface area contributed by atoms with Crippen LogP contribution in [0.1, 0.15) is 38.3 Å². The van der Waals surface area contributed by atoms with Gasteiger partial charge in [-0.1, -0.05) is 28.1 Å². The van der Waals surface area contributed by atoms with Crippen LogP contribution in [0.4, 0.5) is 22.1 Å². The maximum Gasteiger partial charge on any atom is 0.410 e. The smallest absolute Gasteiger partial charge is 0.410 e. The van der Waals surface area contributed by atoms with Crippen LogP contribution in [-0.2, 0) is 4.74 Å². The summed E-state index contributed by atoms with van der Waals surface area (Å²) in [4.78, 5) is 26.6. The van der Waals surface area contributed by atoms with Crippen LogP contribution >= 0.6 is 15.9 Å². The van der Waals surface area contributed by atoms with E-state index in [1.54, 1.807) is 23.4 Å². The van der Waals surface area contributed by atoms with E-state index in [4.69, 9.17) is 4.74 Å². The van der Waals surface area contributed by atoms with Gasteiger partial charge in [-0.25, -0.2) is 19.8 Å². The summed E-state index contributed by atoms with van der Waals surface area (Å²) in [5.41, 5.74) is 9.27. The summed E-state index contributed by atoms with van der Waals surface area (Å²) >= 11 is 3.62. The first-order valence-corrected chi connectivity index (χ1v) is 13.4. The number of ether oxygens (including phenoxy) is 1. The van der Waals surface area contributed by atoms with Crippen LogP contribution in [0.3, 0.4) is 0 Å². The predicted octanol–water partition coefficient (Wildman–Crippen LogP) is 7.22. The Morgan fingerprint density at radius 3 is 2.63 bits per heavy atom. The lowest BCUT2D eigenvalue weighted by molar-refractivity contribution is 0.0270. The van der Waals surface area contributed by atoms with Crippen molar-refractivity contribution in [1.29, 1.82) is 0 Å². The van der Waals surface area contributed by atoms with E-state index < -0.39 is 5.60 Å². The van der Waals surface area contributed by atoms with Gasteiger partial charge in [-0.05, 0) is 81.7 Å². The monoisotopic (exact) mass is 574 g/mol. The molecule has 38 heavy (non-hydrogen) atoms. The molecule has 0 bridgehead atoms. The molecule has 2 aromatic heterocycles. The molecule has 0 aliphatic carbocycles. The van der Waals surface area contributed by atoms with Crippen LogP contribution in [0.25, 0.3) is 16.5 Å². The Kier molecular flexibility index (Phi) is 7.12. The number of nitrogens with one attached hydrogen (secondary N) is 2. The molecule has 0 fully saturated rings. The second-order valence-electron chi connectivity index (χ2n) is 10.3. The summed E-state index contributed by atoms with van der Waals surface area (Å²) in [6, 6.07) is 14.2. The number of amides is 1. The van der Waals surface area contributed by atoms with Gasteiger partial charge < -0.3 is 14.6 Å². The molecular weight excluding hydrogens is 544 g/mol. The summed E-state index contributed by atoms with van der Waals surface area (Å²) in [6.45, 7) is 8.84. The number of H-pyrrole nitrogens is 1. The van der Waals surface area contributed by atoms with Crippen LogP contribution < -0.4 is 10.4 Å². The van der Waals surface area contributed by atoms with Crippen molar-refractivity contribution in [2.45, 2.75) is 39.7 Å². The first-order valence-electron chi connectivity index (χ1n) is 12.6. The van der Waals surface area contributed by atoms with Crippen molar-refractivity contribution in [2.75, 3.05) is 23.5 Å². The van der Waals surface area contributed by atoms with Gasteiger partial charge in [0.15, 0.2) is 0 Å². The number of hydrogen-bond acceptors (Lipinski definition) is 6. The Balaban J connectivity index is 1.46. The van der Waals surface area contributed by atoms with Gasteiger partial charge in [-0.2, -0.15) is 0 Å². The minimum absolute atomic E-state index is 0.277. The van der Waals surface area contributed by atoms with Gasteiger partial charge >= 0.3 is 6.09 Å². The number of fused-ring (bicyclic) bond motifs is 1. The number of nitrogens with zero attached hydrogens (tertiary/aromatic N) is 4. The largest absolute Gasteiger partial charge is 0.444 e. The molecule has 0 spiro atoms. The molecule has 196 valence electrons. The third kappa shape index (κ3) is 5.67. The number of anilines is 3. The fraction of sp³-hybridized carbons (Fsp3) is 0.276. The topological polar surface area (TPSA) is 86.4 Å². The molecule has 9 heteroatoms. The van der Waals surface area contributed by atoms with E-state index in [1.807, 2.05) is 50.2 Å². The van der Waals surface area contributed by atoms with E-state index in [0.29, 0.717) is 19.0 Å². The quantitative estimate of drug-likeness (QED) is 0.245. The summed E-state index contributed by atoms with van der Waals surface area (Å²) in [6.07, 6.45) is 8.08. The van der Waals surface area contributed by atoms with Gasteiger partial charge in [-0.3, -0.25) is 5.43 Å². The van der Waals surface area contributed by atoms with Gasteiger partial charge in [-0.15, -0.1) is 0 Å². The molecule has 0 radical (unpaired) electrons. The molecule has 2 aromatic carbocycles. The van der Waals surface area contributed by atoms with E-state index >= 15 is 0 Å². The highest BCUT2D eigenvalue weighted by Gasteiger charge is 2.25. The third-order valence-electron chi connectivity index (χ3n) is 6.30. The fourth-order valence-corrected chi connectivity index (χ4v) is 4.73. The Morgan fingerprint density at radius 2 is 1.95 bits per heavy atom. The minimum Gasteiger partial charge on any atom is -0.444 e. The van der Waals surface area contributed by atoms with E-state index in [0.717, 1.165) is 44.3 Å². The highest BCUT2D eigenvalue weighted by atomic mass is 79.9. The molecular formula is C29H31BrN6O2. The van der Waals surface area contributed by atoms with Crippen LogP contribution in [0.2, 0.25) is 0 Å². The number of hydrazine groups is 1. The predicted molar refractivity (Wildman–Crippen MR) is 155 cm³/mol. The second kappa shape index (κ2) is 10.5. The van der Waals surface area contributed by atoms with E-state index in [-0.39, 0.29) is 6.09 Å². The molecule has 1 aliphatic rings. The molecule has 4 aromatic rings. The average molecular weight is 576 g/mol. The number of benzene rings is 2. The minimum atomic E-state index is -0.509. The summed E-state index contributed by atoms with van der Waals surface area (Å²) in [5.74, 6) is 0.533. The zero-order valence-corrected chi connectivity index (χ0v) is 23.5. The van der Waals surface area contributed by atoms with Crippen molar-refractivity contribution < 1.29 is 9.53 Å². The maximum absolute atomic E-state index is 12.5. The molecule has 5 rings (SSSR count). The number of aromatic nitrogens is 3. The van der Waals surface area contributed by atoms with E-state index in [2.05, 4.69) is 67.5 Å². The van der Waals surface area contributed by atoms with Gasteiger partial charge in [0.25, 0.3) is 0 Å². The highest BCUT2D eigenvalue weighted by molar-refractivity contribution is 9.10. The van der Waals surface area contributed by atoms with Crippen molar-refractivity contribution in [3.8, 4) is 0 Å². The standard InChI is InChI=1S/C29H31BrN6O2/c1-19-6-7-21(16-25(19)30)34-36(27-31-12-5-13-32-27)22-8-9-26-23(17-22)24(18-33-26)20-10-14-35(15-11-20)28(37)38-29(2,3)4/h5-10,12-13,16-18,33-34H,11,14-15H2,1-4H3. The number of hydrogen-bond donors (Lipinski definition) is 2. The number of rotatable bonds is 5. The van der Waals surface area contributed by atoms with E-state index in [1.165, 1.54) is 5.57 Å². The second-order valence-corrected chi connectivity index (χ2v) is 11.2. The first kappa shape index (κ1) is 25.8. The summed E-state index contributed by atoms with van der Waals surface area (Å²) in [7, 11) is 0. The molecule has 8 nitrogen and oxygen atoms in total. The lowest BCUT2D eigenvalue weighted by atomic mass is 9.99. The third-order valence-corrected chi connectivity index (χ3v) is 7.15. The average Bonchev–Trinajstić information content (AvgIpc) is 3.32. The Morgan fingerprint density at radius 1 is 1.16 bits per heavy atom. The summed E-state index contributed by atoms with van der Waals surface area (Å²) < 4.78 is 6.56. The SMILES string of the molecule is Cc1ccc(NN(c2ccc3[nH]cc(C4=CCN(C(=O)OC(C)(C)C)CC4)c3c2)c2ncccn2)cc1Br. The molecule has 2 N–H and O–H groups in total. The zero-order valence-electron chi connectivity index (χ0n) is 22.0. The van der Waals surface area contributed by atoms with Crippen molar-refractivity contribution in [2.24, 2.45) is 0 Å².